The molecule has 0 fully saturated rings. The van der Waals surface area contributed by atoms with Crippen LogP contribution < -0.4 is 15.8 Å². The van der Waals surface area contributed by atoms with E-state index in [2.05, 4.69) is 20.3 Å². The van der Waals surface area contributed by atoms with E-state index in [9.17, 15) is 4.79 Å². The predicted octanol–water partition coefficient (Wildman–Crippen LogP) is 2.84. The zero-order valence-corrected chi connectivity index (χ0v) is 16.3. The molecule has 1 N–H and O–H groups in total. The number of nitrogens with zero attached hydrogens (tertiary/aromatic N) is 5. The largest absolute Gasteiger partial charge is 0.383 e. The van der Waals surface area contributed by atoms with Crippen LogP contribution in [-0.2, 0) is 0 Å². The van der Waals surface area contributed by atoms with Gasteiger partial charge in [-0.1, -0.05) is 19.9 Å². The molecule has 1 aliphatic heterocycles. The van der Waals surface area contributed by atoms with Crippen molar-refractivity contribution in [2.75, 3.05) is 19.0 Å². The molecule has 136 valence electrons. The van der Waals surface area contributed by atoms with Gasteiger partial charge in [-0.3, -0.25) is 9.36 Å². The zero-order valence-electron chi connectivity index (χ0n) is 15.5. The van der Waals surface area contributed by atoms with Crippen LogP contribution in [0.2, 0.25) is 0 Å². The summed E-state index contributed by atoms with van der Waals surface area (Å²) >= 11 is 1.35. The van der Waals surface area contributed by atoms with Crippen LogP contribution in [0, 0.1) is 0 Å². The molecular formula is C18H22N6OS. The lowest BCUT2D eigenvalue weighted by molar-refractivity contribution is 0.755. The molecule has 0 aliphatic carbocycles. The molecule has 0 radical (unpaired) electrons. The first-order chi connectivity index (χ1) is 12.6. The molecule has 1 aliphatic rings. The highest BCUT2D eigenvalue weighted by Gasteiger charge is 2.18. The highest BCUT2D eigenvalue weighted by molar-refractivity contribution is 7.25. The molecule has 7 nitrogen and oxygen atoms in total. The van der Waals surface area contributed by atoms with Crippen molar-refractivity contribution in [2.45, 2.75) is 26.8 Å². The van der Waals surface area contributed by atoms with E-state index in [1.54, 1.807) is 10.9 Å². The van der Waals surface area contributed by atoms with Crippen LogP contribution in [0.3, 0.4) is 0 Å². The van der Waals surface area contributed by atoms with Gasteiger partial charge in [0.15, 0.2) is 0 Å². The lowest BCUT2D eigenvalue weighted by atomic mass is 10.2. The summed E-state index contributed by atoms with van der Waals surface area (Å²) in [5.74, 6) is 0.767. The molecule has 0 spiro atoms. The van der Waals surface area contributed by atoms with E-state index in [-0.39, 0.29) is 11.6 Å². The van der Waals surface area contributed by atoms with Crippen molar-refractivity contribution in [1.82, 2.24) is 24.8 Å². The van der Waals surface area contributed by atoms with Crippen molar-refractivity contribution < 1.29 is 0 Å². The van der Waals surface area contributed by atoms with Gasteiger partial charge < -0.3 is 10.2 Å². The minimum Gasteiger partial charge on any atom is -0.383 e. The average Bonchev–Trinajstić information content (AvgIpc) is 3.04. The summed E-state index contributed by atoms with van der Waals surface area (Å²) in [6.45, 7) is 6.04. The Balaban J connectivity index is 0.000000948. The van der Waals surface area contributed by atoms with E-state index in [0.717, 1.165) is 21.7 Å². The van der Waals surface area contributed by atoms with Gasteiger partial charge >= 0.3 is 0 Å². The quantitative estimate of drug-likeness (QED) is 0.748. The Hall–Kier alpha value is -2.74. The summed E-state index contributed by atoms with van der Waals surface area (Å²) in [6, 6.07) is 0.253. The smallest absolute Gasteiger partial charge is 0.276 e. The second kappa shape index (κ2) is 7.25. The number of hydrogen-bond acceptors (Lipinski definition) is 7. The summed E-state index contributed by atoms with van der Waals surface area (Å²) in [4.78, 5) is 28.8. The Kier molecular flexibility index (Phi) is 5.03. The number of dihydropyridines is 1. The minimum atomic E-state index is -0.0973. The summed E-state index contributed by atoms with van der Waals surface area (Å²) in [7, 11) is 3.83. The summed E-state index contributed by atoms with van der Waals surface area (Å²) < 4.78 is 2.14. The van der Waals surface area contributed by atoms with Gasteiger partial charge in [0.2, 0.25) is 0 Å². The first kappa shape index (κ1) is 18.1. The standard InChI is InChI=1S/C16H16N6OS.C2H6/c1-9-4-5-10(6-17-9)22-8-20-12-11-14(21(2)3)18-7-19-15(11)24-13(12)16(22)23;1-2/h4-9,17H,1-3H3;1-2H3. The number of hydrogen-bond donors (Lipinski definition) is 1. The van der Waals surface area contributed by atoms with Crippen LogP contribution in [-0.4, -0.2) is 39.7 Å². The van der Waals surface area contributed by atoms with Crippen molar-refractivity contribution in [1.29, 1.82) is 0 Å². The normalized spacial score (nSPS) is 16.0. The third-order valence-electron chi connectivity index (χ3n) is 3.91. The highest BCUT2D eigenvalue weighted by atomic mass is 32.1. The fourth-order valence-corrected chi connectivity index (χ4v) is 3.71. The average molecular weight is 370 g/mol. The van der Waals surface area contributed by atoms with E-state index in [4.69, 9.17) is 0 Å². The van der Waals surface area contributed by atoms with E-state index in [1.807, 2.05) is 58.1 Å². The van der Waals surface area contributed by atoms with Gasteiger partial charge in [-0.2, -0.15) is 0 Å². The molecule has 4 heterocycles. The van der Waals surface area contributed by atoms with Crippen LogP contribution in [0.15, 0.2) is 35.8 Å². The predicted molar refractivity (Wildman–Crippen MR) is 109 cm³/mol. The number of allylic oxidation sites excluding steroid dienone is 2. The molecule has 0 amide bonds. The van der Waals surface area contributed by atoms with E-state index < -0.39 is 0 Å². The number of thiophene rings is 1. The number of fused-ring (bicyclic) bond motifs is 3. The van der Waals surface area contributed by atoms with Crippen molar-refractivity contribution in [3.8, 4) is 0 Å². The second-order valence-corrected chi connectivity index (χ2v) is 6.85. The third kappa shape index (κ3) is 2.96. The van der Waals surface area contributed by atoms with E-state index >= 15 is 0 Å². The molecule has 26 heavy (non-hydrogen) atoms. The maximum atomic E-state index is 12.9. The first-order valence-corrected chi connectivity index (χ1v) is 9.35. The van der Waals surface area contributed by atoms with Crippen LogP contribution in [0.25, 0.3) is 26.1 Å². The van der Waals surface area contributed by atoms with Crippen LogP contribution in [0.1, 0.15) is 20.8 Å². The summed E-state index contributed by atoms with van der Waals surface area (Å²) in [5.41, 5.74) is 1.33. The molecule has 3 aromatic rings. The fraction of sp³-hybridized carbons (Fsp3) is 0.333. The fourth-order valence-electron chi connectivity index (χ4n) is 2.69. The molecule has 1 atom stereocenters. The number of anilines is 1. The van der Waals surface area contributed by atoms with Crippen molar-refractivity contribution >= 4 is 43.3 Å². The Bertz CT molecular complexity index is 1060. The molecule has 0 aromatic carbocycles. The highest BCUT2D eigenvalue weighted by Crippen LogP contribution is 2.33. The van der Waals surface area contributed by atoms with E-state index in [1.165, 1.54) is 17.7 Å². The number of rotatable bonds is 2. The topological polar surface area (TPSA) is 75.9 Å². The molecular weight excluding hydrogens is 348 g/mol. The Labute approximate surface area is 155 Å². The maximum absolute atomic E-state index is 12.9. The van der Waals surface area contributed by atoms with Crippen molar-refractivity contribution in [3.63, 3.8) is 0 Å². The molecule has 0 saturated carbocycles. The molecule has 4 rings (SSSR count). The second-order valence-electron chi connectivity index (χ2n) is 5.86. The Morgan fingerprint density at radius 3 is 2.65 bits per heavy atom. The van der Waals surface area contributed by atoms with Gasteiger partial charge in [0.1, 0.15) is 33.5 Å². The van der Waals surface area contributed by atoms with Crippen LogP contribution >= 0.6 is 11.3 Å². The minimum absolute atomic E-state index is 0.0973. The Morgan fingerprint density at radius 2 is 2.00 bits per heavy atom. The van der Waals surface area contributed by atoms with Gasteiger partial charge in [-0.05, 0) is 13.0 Å². The molecule has 1 unspecified atom stereocenters. The van der Waals surface area contributed by atoms with E-state index in [0.29, 0.717) is 10.2 Å². The van der Waals surface area contributed by atoms with Gasteiger partial charge in [0, 0.05) is 26.3 Å². The molecule has 0 bridgehead atoms. The monoisotopic (exact) mass is 370 g/mol. The zero-order chi connectivity index (χ0) is 18.8. The molecule has 0 saturated heterocycles. The van der Waals surface area contributed by atoms with Gasteiger partial charge in [0.05, 0.1) is 11.1 Å². The van der Waals surface area contributed by atoms with Crippen LogP contribution in [0.5, 0.6) is 0 Å². The molecule has 8 heteroatoms. The Morgan fingerprint density at radius 1 is 1.23 bits per heavy atom. The molecule has 3 aromatic heterocycles. The lowest BCUT2D eigenvalue weighted by Gasteiger charge is -2.15. The van der Waals surface area contributed by atoms with Crippen molar-refractivity contribution in [3.05, 3.63) is 41.4 Å². The van der Waals surface area contributed by atoms with Gasteiger partial charge in [0.25, 0.3) is 5.56 Å². The SMILES string of the molecule is CC.CC1C=CC(n2cnc3c(sc4ncnc(N(C)C)c43)c2=O)=CN1. The summed E-state index contributed by atoms with van der Waals surface area (Å²) in [6.07, 6.45) is 8.85. The summed E-state index contributed by atoms with van der Waals surface area (Å²) in [5, 5.41) is 4.02. The van der Waals surface area contributed by atoms with Crippen LogP contribution in [0.4, 0.5) is 5.82 Å². The first-order valence-electron chi connectivity index (χ1n) is 8.53. The van der Waals surface area contributed by atoms with Gasteiger partial charge in [-0.15, -0.1) is 11.3 Å². The van der Waals surface area contributed by atoms with Crippen molar-refractivity contribution in [2.24, 2.45) is 0 Å². The lowest BCUT2D eigenvalue weighted by Crippen LogP contribution is -2.25. The van der Waals surface area contributed by atoms with Gasteiger partial charge in [-0.25, -0.2) is 15.0 Å². The third-order valence-corrected chi connectivity index (χ3v) is 4.98. The maximum Gasteiger partial charge on any atom is 0.276 e. The number of nitrogens with one attached hydrogen (secondary N) is 1. The number of aromatic nitrogens is 4.